The van der Waals surface area contributed by atoms with Gasteiger partial charge in [-0.1, -0.05) is 26.0 Å². The van der Waals surface area contributed by atoms with Crippen molar-refractivity contribution in [3.8, 4) is 0 Å². The number of hydrogen-bond acceptors (Lipinski definition) is 1. The molecule has 1 aliphatic rings. The topological polar surface area (TPSA) is 26.0 Å². The summed E-state index contributed by atoms with van der Waals surface area (Å²) >= 11 is 0. The molecule has 18 heavy (non-hydrogen) atoms. The second kappa shape index (κ2) is 5.40. The van der Waals surface area contributed by atoms with Gasteiger partial charge >= 0.3 is 0 Å². The molecule has 0 heterocycles. The molecular formula is C16H24FN. The number of nitrogens with two attached hydrogens (primary N) is 1. The van der Waals surface area contributed by atoms with Gasteiger partial charge in [0, 0.05) is 6.04 Å². The summed E-state index contributed by atoms with van der Waals surface area (Å²) in [6.07, 6.45) is 3.46. The van der Waals surface area contributed by atoms with Crippen molar-refractivity contribution in [1.82, 2.24) is 0 Å². The number of aryl methyl sites for hydroxylation is 1. The zero-order chi connectivity index (χ0) is 13.3. The molecule has 1 nitrogen and oxygen atoms in total. The lowest BCUT2D eigenvalue weighted by Gasteiger charge is -2.36. The van der Waals surface area contributed by atoms with E-state index in [4.69, 9.17) is 5.73 Å². The first-order valence-electron chi connectivity index (χ1n) is 7.00. The maximum Gasteiger partial charge on any atom is 0.126 e. The Hall–Kier alpha value is -0.890. The van der Waals surface area contributed by atoms with Gasteiger partial charge in [-0.3, -0.25) is 0 Å². The highest BCUT2D eigenvalue weighted by Crippen LogP contribution is 2.39. The molecule has 0 amide bonds. The number of halogens is 1. The smallest absolute Gasteiger partial charge is 0.126 e. The van der Waals surface area contributed by atoms with Crippen molar-refractivity contribution in [3.63, 3.8) is 0 Å². The summed E-state index contributed by atoms with van der Waals surface area (Å²) in [5.41, 5.74) is 8.21. The van der Waals surface area contributed by atoms with Crippen LogP contribution >= 0.6 is 0 Å². The van der Waals surface area contributed by atoms with E-state index in [1.54, 1.807) is 6.07 Å². The van der Waals surface area contributed by atoms with Crippen molar-refractivity contribution < 1.29 is 4.39 Å². The minimum Gasteiger partial charge on any atom is -0.327 e. The lowest BCUT2D eigenvalue weighted by molar-refractivity contribution is 0.232. The third-order valence-corrected chi connectivity index (χ3v) is 4.50. The predicted octanol–water partition coefficient (Wildman–Crippen LogP) is 4.00. The van der Waals surface area contributed by atoms with Gasteiger partial charge in [0.15, 0.2) is 0 Å². The fourth-order valence-electron chi connectivity index (χ4n) is 3.11. The summed E-state index contributed by atoms with van der Waals surface area (Å²) in [7, 11) is 0. The van der Waals surface area contributed by atoms with Crippen molar-refractivity contribution in [2.75, 3.05) is 0 Å². The van der Waals surface area contributed by atoms with Gasteiger partial charge in [-0.05, 0) is 61.1 Å². The van der Waals surface area contributed by atoms with E-state index in [1.165, 1.54) is 12.0 Å². The molecular weight excluding hydrogens is 225 g/mol. The Morgan fingerprint density at radius 3 is 2.61 bits per heavy atom. The monoisotopic (exact) mass is 249 g/mol. The highest BCUT2D eigenvalue weighted by Gasteiger charge is 2.30. The highest BCUT2D eigenvalue weighted by atomic mass is 19.1. The Balaban J connectivity index is 2.21. The molecule has 0 aromatic heterocycles. The molecule has 0 aliphatic heterocycles. The molecule has 1 fully saturated rings. The van der Waals surface area contributed by atoms with Gasteiger partial charge in [-0.25, -0.2) is 4.39 Å². The van der Waals surface area contributed by atoms with Crippen LogP contribution in [0.15, 0.2) is 18.2 Å². The summed E-state index contributed by atoms with van der Waals surface area (Å²) in [5.74, 6) is 1.73. The minimum absolute atomic E-state index is 0.122. The lowest BCUT2D eigenvalue weighted by Crippen LogP contribution is -2.35. The molecule has 1 aromatic rings. The zero-order valence-corrected chi connectivity index (χ0v) is 11.6. The van der Waals surface area contributed by atoms with Crippen LogP contribution in [0, 0.1) is 24.6 Å². The highest BCUT2D eigenvalue weighted by molar-refractivity contribution is 5.28. The van der Waals surface area contributed by atoms with E-state index < -0.39 is 0 Å². The Kier molecular flexibility index (Phi) is 4.06. The predicted molar refractivity (Wildman–Crippen MR) is 74.0 cm³/mol. The zero-order valence-electron chi connectivity index (χ0n) is 11.6. The SMILES string of the molecule is Cc1cc(C2CC(C(C)C)CCC2N)ccc1F. The molecule has 2 heteroatoms. The third kappa shape index (κ3) is 2.74. The van der Waals surface area contributed by atoms with Crippen LogP contribution in [0.2, 0.25) is 0 Å². The molecule has 3 atom stereocenters. The summed E-state index contributed by atoms with van der Waals surface area (Å²) < 4.78 is 13.3. The van der Waals surface area contributed by atoms with Crippen molar-refractivity contribution in [2.24, 2.45) is 17.6 Å². The third-order valence-electron chi connectivity index (χ3n) is 4.50. The van der Waals surface area contributed by atoms with Crippen molar-refractivity contribution >= 4 is 0 Å². The Labute approximate surface area is 110 Å². The van der Waals surface area contributed by atoms with Gasteiger partial charge in [-0.15, -0.1) is 0 Å². The second-order valence-corrected chi connectivity index (χ2v) is 6.10. The summed E-state index contributed by atoms with van der Waals surface area (Å²) in [4.78, 5) is 0. The van der Waals surface area contributed by atoms with Crippen LogP contribution in [-0.2, 0) is 0 Å². The van der Waals surface area contributed by atoms with Crippen LogP contribution < -0.4 is 5.73 Å². The second-order valence-electron chi connectivity index (χ2n) is 6.10. The number of hydrogen-bond donors (Lipinski definition) is 1. The number of rotatable bonds is 2. The van der Waals surface area contributed by atoms with Gasteiger partial charge in [0.2, 0.25) is 0 Å². The molecule has 0 saturated heterocycles. The quantitative estimate of drug-likeness (QED) is 0.842. The summed E-state index contributed by atoms with van der Waals surface area (Å²) in [5, 5.41) is 0. The van der Waals surface area contributed by atoms with E-state index in [-0.39, 0.29) is 11.9 Å². The Morgan fingerprint density at radius 2 is 2.00 bits per heavy atom. The first-order valence-corrected chi connectivity index (χ1v) is 7.00. The fourth-order valence-corrected chi connectivity index (χ4v) is 3.11. The molecule has 0 radical (unpaired) electrons. The molecule has 0 bridgehead atoms. The van der Waals surface area contributed by atoms with E-state index in [9.17, 15) is 4.39 Å². The van der Waals surface area contributed by atoms with Crippen LogP contribution in [0.3, 0.4) is 0 Å². The maximum atomic E-state index is 13.3. The van der Waals surface area contributed by atoms with Gasteiger partial charge in [0.05, 0.1) is 0 Å². The van der Waals surface area contributed by atoms with E-state index in [2.05, 4.69) is 13.8 Å². The van der Waals surface area contributed by atoms with Crippen LogP contribution in [-0.4, -0.2) is 6.04 Å². The van der Waals surface area contributed by atoms with Crippen LogP contribution in [0.25, 0.3) is 0 Å². The van der Waals surface area contributed by atoms with Crippen LogP contribution in [0.5, 0.6) is 0 Å². The molecule has 3 unspecified atom stereocenters. The molecule has 1 aliphatic carbocycles. The Bertz CT molecular complexity index is 414. The molecule has 0 spiro atoms. The van der Waals surface area contributed by atoms with Crippen molar-refractivity contribution in [3.05, 3.63) is 35.1 Å². The van der Waals surface area contributed by atoms with E-state index in [1.807, 2.05) is 19.1 Å². The van der Waals surface area contributed by atoms with Crippen molar-refractivity contribution in [1.29, 1.82) is 0 Å². The average Bonchev–Trinajstić information content (AvgIpc) is 2.33. The van der Waals surface area contributed by atoms with E-state index in [0.29, 0.717) is 11.8 Å². The Morgan fingerprint density at radius 1 is 1.28 bits per heavy atom. The largest absolute Gasteiger partial charge is 0.327 e. The van der Waals surface area contributed by atoms with Crippen LogP contribution in [0.1, 0.15) is 50.2 Å². The fraction of sp³-hybridized carbons (Fsp3) is 0.625. The standard InChI is InChI=1S/C16H24FN/c1-10(2)12-5-7-16(18)14(9-12)13-4-6-15(17)11(3)8-13/h4,6,8,10,12,14,16H,5,7,9,18H2,1-3H3. The minimum atomic E-state index is -0.122. The van der Waals surface area contributed by atoms with E-state index in [0.717, 1.165) is 24.3 Å². The normalized spacial score (nSPS) is 28.7. The first kappa shape index (κ1) is 13.5. The van der Waals surface area contributed by atoms with Gasteiger partial charge in [0.25, 0.3) is 0 Å². The van der Waals surface area contributed by atoms with E-state index >= 15 is 0 Å². The van der Waals surface area contributed by atoms with Crippen molar-refractivity contribution in [2.45, 2.75) is 52.0 Å². The summed E-state index contributed by atoms with van der Waals surface area (Å²) in [6, 6.07) is 5.69. The molecule has 1 saturated carbocycles. The molecule has 100 valence electrons. The van der Waals surface area contributed by atoms with Gasteiger partial charge in [0.1, 0.15) is 5.82 Å². The molecule has 1 aromatic carbocycles. The average molecular weight is 249 g/mol. The molecule has 2 N–H and O–H groups in total. The summed E-state index contributed by atoms with van der Waals surface area (Å²) in [6.45, 7) is 6.40. The maximum absolute atomic E-state index is 13.3. The molecule has 2 rings (SSSR count). The first-order chi connectivity index (χ1) is 8.49. The van der Waals surface area contributed by atoms with Gasteiger partial charge in [-0.2, -0.15) is 0 Å². The van der Waals surface area contributed by atoms with Gasteiger partial charge < -0.3 is 5.73 Å². The lowest BCUT2D eigenvalue weighted by atomic mass is 9.71. The van der Waals surface area contributed by atoms with Crippen LogP contribution in [0.4, 0.5) is 4.39 Å². The number of benzene rings is 1.